The van der Waals surface area contributed by atoms with Gasteiger partial charge in [-0.3, -0.25) is 9.78 Å². The Labute approximate surface area is 132 Å². The van der Waals surface area contributed by atoms with Crippen LogP contribution in [-0.2, 0) is 10.3 Å². The molecule has 0 fully saturated rings. The average Bonchev–Trinajstić information content (AvgIpc) is 3.06. The Bertz CT molecular complexity index is 1030. The van der Waals surface area contributed by atoms with Gasteiger partial charge in [-0.15, -0.1) is 4.80 Å². The maximum absolute atomic E-state index is 12.7. The number of rotatable bonds is 3. The highest BCUT2D eigenvalue weighted by Gasteiger charge is 2.34. The molecule has 0 bridgehead atoms. The van der Waals surface area contributed by atoms with Crippen molar-refractivity contribution in [2.24, 2.45) is 0 Å². The van der Waals surface area contributed by atoms with Crippen molar-refractivity contribution in [3.8, 4) is 5.00 Å². The van der Waals surface area contributed by atoms with Crippen molar-refractivity contribution in [2.75, 3.05) is 0 Å². The minimum atomic E-state index is -1.67. The van der Waals surface area contributed by atoms with Gasteiger partial charge in [-0.2, -0.15) is 10.2 Å². The maximum atomic E-state index is 12.7. The Kier molecular flexibility index (Phi) is 3.22. The van der Waals surface area contributed by atoms with Gasteiger partial charge in [0.15, 0.2) is 0 Å². The van der Waals surface area contributed by atoms with Crippen molar-refractivity contribution in [1.29, 1.82) is 0 Å². The number of aromatic nitrogens is 5. The topological polar surface area (TPSA) is 123 Å². The first kappa shape index (κ1) is 15.2. The minimum absolute atomic E-state index is 0.260. The largest absolute Gasteiger partial charge is 0.480 e. The van der Waals surface area contributed by atoms with Crippen LogP contribution < -0.4 is 11.2 Å². The number of carbonyl (C=O) groups is 1. The average molecular weight is 335 g/mol. The van der Waals surface area contributed by atoms with E-state index in [1.54, 1.807) is 6.92 Å². The molecule has 0 saturated carbocycles. The van der Waals surface area contributed by atoms with Gasteiger partial charge >= 0.3 is 11.7 Å². The van der Waals surface area contributed by atoms with Gasteiger partial charge in [0.25, 0.3) is 5.56 Å². The minimum Gasteiger partial charge on any atom is -0.480 e. The molecule has 3 heterocycles. The standard InChI is InChI=1S/C13H13N5O4S/c1-6-7-8(23-10(6)18-14-4-5-15-18)16-12(22)17(9(7)19)13(2,3)11(20)21/h4-5H,1-3H3,(H,16,22)(H,20,21). The summed E-state index contributed by atoms with van der Waals surface area (Å²) in [5.74, 6) is -1.27. The number of H-pyrrole nitrogens is 1. The van der Waals surface area contributed by atoms with E-state index in [0.29, 0.717) is 15.4 Å². The molecule has 0 atom stereocenters. The molecule has 23 heavy (non-hydrogen) atoms. The number of aliphatic carboxylic acids is 1. The van der Waals surface area contributed by atoms with Crippen LogP contribution in [0.3, 0.4) is 0 Å². The first-order chi connectivity index (χ1) is 10.7. The molecule has 2 N–H and O–H groups in total. The first-order valence-electron chi connectivity index (χ1n) is 6.64. The van der Waals surface area contributed by atoms with Crippen molar-refractivity contribution in [3.63, 3.8) is 0 Å². The van der Waals surface area contributed by atoms with Crippen LogP contribution in [0.5, 0.6) is 0 Å². The van der Waals surface area contributed by atoms with E-state index in [1.807, 2.05) is 0 Å². The molecule has 120 valence electrons. The van der Waals surface area contributed by atoms with Crippen LogP contribution in [0, 0.1) is 6.92 Å². The molecule has 9 nitrogen and oxygen atoms in total. The van der Waals surface area contributed by atoms with Gasteiger partial charge < -0.3 is 5.11 Å². The third kappa shape index (κ3) is 2.10. The first-order valence-corrected chi connectivity index (χ1v) is 7.45. The maximum Gasteiger partial charge on any atom is 0.330 e. The van der Waals surface area contributed by atoms with Crippen molar-refractivity contribution in [1.82, 2.24) is 24.5 Å². The van der Waals surface area contributed by atoms with Gasteiger partial charge in [-0.05, 0) is 20.8 Å². The molecule has 0 aliphatic heterocycles. The Morgan fingerprint density at radius 2 is 1.91 bits per heavy atom. The van der Waals surface area contributed by atoms with Crippen molar-refractivity contribution in [2.45, 2.75) is 26.3 Å². The number of carboxylic acids is 1. The second-order valence-corrected chi connectivity index (χ2v) is 6.49. The van der Waals surface area contributed by atoms with E-state index in [0.717, 1.165) is 15.9 Å². The van der Waals surface area contributed by atoms with E-state index in [-0.39, 0.29) is 5.39 Å². The lowest BCUT2D eigenvalue weighted by Crippen LogP contribution is -2.50. The van der Waals surface area contributed by atoms with E-state index in [1.165, 1.54) is 31.0 Å². The molecule has 3 aromatic heterocycles. The molecule has 3 aromatic rings. The predicted octanol–water partition coefficient (Wildman–Crippen LogP) is 0.460. The third-order valence-electron chi connectivity index (χ3n) is 3.64. The Hall–Kier alpha value is -2.75. The molecule has 10 heteroatoms. The number of hydrogen-bond acceptors (Lipinski definition) is 6. The number of nitrogens with zero attached hydrogens (tertiary/aromatic N) is 4. The van der Waals surface area contributed by atoms with Crippen LogP contribution in [0.25, 0.3) is 15.2 Å². The highest BCUT2D eigenvalue weighted by Crippen LogP contribution is 2.29. The molecule has 3 rings (SSSR count). The summed E-state index contributed by atoms with van der Waals surface area (Å²) in [7, 11) is 0. The number of aryl methyl sites for hydroxylation is 1. The number of aromatic amines is 1. The summed E-state index contributed by atoms with van der Waals surface area (Å²) in [5.41, 5.74) is -2.51. The summed E-state index contributed by atoms with van der Waals surface area (Å²) in [6.45, 7) is 4.31. The molecule has 0 amide bonds. The fourth-order valence-electron chi connectivity index (χ4n) is 2.32. The van der Waals surface area contributed by atoms with Crippen LogP contribution in [0.4, 0.5) is 0 Å². The second kappa shape index (κ2) is 4.88. The van der Waals surface area contributed by atoms with Crippen molar-refractivity contribution < 1.29 is 9.90 Å². The zero-order chi connectivity index (χ0) is 16.9. The van der Waals surface area contributed by atoms with E-state index >= 15 is 0 Å². The fraction of sp³-hybridized carbons (Fsp3) is 0.308. The van der Waals surface area contributed by atoms with Crippen LogP contribution in [0.2, 0.25) is 0 Å². The lowest BCUT2D eigenvalue weighted by Gasteiger charge is -2.21. The van der Waals surface area contributed by atoms with E-state index in [4.69, 9.17) is 0 Å². The summed E-state index contributed by atoms with van der Waals surface area (Å²) >= 11 is 1.16. The number of fused-ring (bicyclic) bond motifs is 1. The molecule has 0 aliphatic carbocycles. The van der Waals surface area contributed by atoms with Gasteiger partial charge in [0.05, 0.1) is 17.8 Å². The number of hydrogen-bond donors (Lipinski definition) is 2. The Morgan fingerprint density at radius 3 is 2.48 bits per heavy atom. The number of nitrogens with one attached hydrogen (secondary N) is 1. The van der Waals surface area contributed by atoms with Crippen molar-refractivity contribution in [3.05, 3.63) is 38.8 Å². The smallest absolute Gasteiger partial charge is 0.330 e. The predicted molar refractivity (Wildman–Crippen MR) is 83.3 cm³/mol. The number of carboxylic acid groups (broad SMARTS) is 1. The Balaban J connectivity index is 2.41. The SMILES string of the molecule is Cc1c(-n2nccn2)sc2[nH]c(=O)n(C(C)(C)C(=O)O)c(=O)c12. The second-order valence-electron chi connectivity index (χ2n) is 5.49. The quantitative estimate of drug-likeness (QED) is 0.717. The zero-order valence-corrected chi connectivity index (χ0v) is 13.3. The summed E-state index contributed by atoms with van der Waals surface area (Å²) in [4.78, 5) is 40.7. The highest BCUT2D eigenvalue weighted by molar-refractivity contribution is 7.21. The molecule has 0 spiro atoms. The highest BCUT2D eigenvalue weighted by atomic mass is 32.1. The van der Waals surface area contributed by atoms with Gasteiger partial charge in [0.1, 0.15) is 15.4 Å². The van der Waals surface area contributed by atoms with Crippen LogP contribution >= 0.6 is 11.3 Å². The van der Waals surface area contributed by atoms with Crippen molar-refractivity contribution >= 4 is 27.5 Å². The van der Waals surface area contributed by atoms with Gasteiger partial charge in [0.2, 0.25) is 0 Å². The summed E-state index contributed by atoms with van der Waals surface area (Å²) in [5, 5.41) is 18.2. The van der Waals surface area contributed by atoms with Crippen LogP contribution in [-0.4, -0.2) is 35.6 Å². The third-order valence-corrected chi connectivity index (χ3v) is 4.82. The lowest BCUT2D eigenvalue weighted by molar-refractivity contribution is -0.146. The van der Waals surface area contributed by atoms with Gasteiger partial charge in [-0.25, -0.2) is 14.2 Å². The molecule has 0 aliphatic rings. The van der Waals surface area contributed by atoms with E-state index in [9.17, 15) is 19.5 Å². The summed E-state index contributed by atoms with van der Waals surface area (Å²) < 4.78 is 0.720. The molecular weight excluding hydrogens is 322 g/mol. The number of thiophene rings is 1. The Morgan fingerprint density at radius 1 is 1.30 bits per heavy atom. The van der Waals surface area contributed by atoms with E-state index < -0.39 is 22.8 Å². The lowest BCUT2D eigenvalue weighted by atomic mass is 10.1. The fourth-order valence-corrected chi connectivity index (χ4v) is 3.42. The van der Waals surface area contributed by atoms with E-state index in [2.05, 4.69) is 15.2 Å². The molecular formula is C13H13N5O4S. The van der Waals surface area contributed by atoms with Crippen LogP contribution in [0.1, 0.15) is 19.4 Å². The zero-order valence-electron chi connectivity index (χ0n) is 12.5. The monoisotopic (exact) mass is 335 g/mol. The molecule has 0 saturated heterocycles. The molecule has 0 radical (unpaired) electrons. The molecule has 0 aromatic carbocycles. The van der Waals surface area contributed by atoms with Gasteiger partial charge in [0, 0.05) is 5.56 Å². The van der Waals surface area contributed by atoms with Gasteiger partial charge in [-0.1, -0.05) is 11.3 Å². The summed E-state index contributed by atoms with van der Waals surface area (Å²) in [6, 6.07) is 0. The normalized spacial score (nSPS) is 12.0. The molecule has 0 unspecified atom stereocenters. The summed E-state index contributed by atoms with van der Waals surface area (Å²) in [6.07, 6.45) is 3.00. The van der Waals surface area contributed by atoms with Crippen LogP contribution in [0.15, 0.2) is 22.0 Å².